The Labute approximate surface area is 676 Å². The van der Waals surface area contributed by atoms with Crippen molar-refractivity contribution in [2.45, 2.75) is 146 Å². The number of fused-ring (bicyclic) bond motifs is 8. The van der Waals surface area contributed by atoms with Crippen LogP contribution in [0.3, 0.4) is 0 Å². The van der Waals surface area contributed by atoms with Gasteiger partial charge >= 0.3 is 39.0 Å². The molecule has 14 rings (SSSR count). The van der Waals surface area contributed by atoms with E-state index < -0.39 is 32.9 Å². The van der Waals surface area contributed by atoms with Crippen LogP contribution in [0.5, 0.6) is 0 Å². The summed E-state index contributed by atoms with van der Waals surface area (Å²) in [6.07, 6.45) is 4.20. The van der Waals surface area contributed by atoms with Gasteiger partial charge in [-0.3, -0.25) is 9.98 Å². The van der Waals surface area contributed by atoms with Gasteiger partial charge in [0.15, 0.2) is 0 Å². The van der Waals surface area contributed by atoms with E-state index in [2.05, 4.69) is 375 Å². The van der Waals surface area contributed by atoms with Crippen LogP contribution in [0.25, 0.3) is 106 Å². The van der Waals surface area contributed by atoms with Crippen molar-refractivity contribution < 1.29 is 39.0 Å². The molecule has 0 amide bonds. The van der Waals surface area contributed by atoms with Gasteiger partial charge in [-0.15, -0.1) is 13.1 Å². The molecule has 0 fully saturated rings. The fourth-order valence-corrected chi connectivity index (χ4v) is 29.9. The second-order valence-electron chi connectivity index (χ2n) is 31.5. The molecular weight excluding hydrogens is 1480 g/mol. The minimum absolute atomic E-state index is 0. The fourth-order valence-electron chi connectivity index (χ4n) is 13.8. The number of hydrogen-bond acceptors (Lipinski definition) is 2. The van der Waals surface area contributed by atoms with E-state index in [1.54, 1.807) is 0 Å². The van der Waals surface area contributed by atoms with E-state index in [-0.39, 0.29) is 39.0 Å². The third kappa shape index (κ3) is 27.0. The number of nitrogens with zero attached hydrogens (tertiary/aromatic N) is 6. The van der Waals surface area contributed by atoms with Gasteiger partial charge in [-0.25, -0.2) is 0 Å². The molecular formula is C96H110N6Si4Zn2. The van der Waals surface area contributed by atoms with E-state index in [9.17, 15) is 0 Å². The largest absolute Gasteiger partial charge is 2.00 e. The van der Waals surface area contributed by atoms with Gasteiger partial charge in [0.05, 0.1) is 13.1 Å². The molecule has 0 atom stereocenters. The molecule has 108 heavy (non-hydrogen) atoms. The Morgan fingerprint density at radius 3 is 0.630 bits per heavy atom. The predicted octanol–water partition coefficient (Wildman–Crippen LogP) is 29.5. The van der Waals surface area contributed by atoms with E-state index in [4.69, 9.17) is 29.9 Å². The molecule has 0 radical (unpaired) electrons. The summed E-state index contributed by atoms with van der Waals surface area (Å²) in [5.41, 5.74) is 11.7. The van der Waals surface area contributed by atoms with Crippen LogP contribution >= 0.6 is 0 Å². The zero-order valence-electron chi connectivity index (χ0n) is 67.6. The quantitative estimate of drug-likeness (QED) is 0.0525. The number of hydrogen-bond donors (Lipinski definition) is 0. The van der Waals surface area contributed by atoms with Crippen molar-refractivity contribution in [1.29, 1.82) is 0 Å². The van der Waals surface area contributed by atoms with Gasteiger partial charge in [-0.05, 0) is 160 Å². The maximum Gasteiger partial charge on any atom is 2.00 e. The molecule has 544 valence electrons. The van der Waals surface area contributed by atoms with Crippen LogP contribution in [0.1, 0.15) is 61.1 Å². The third-order valence-corrected chi connectivity index (χ3v) is 28.3. The van der Waals surface area contributed by atoms with Gasteiger partial charge in [0, 0.05) is 11.4 Å². The fraction of sp³-hybridized carbons (Fsp3) is 0.229. The maximum absolute atomic E-state index is 4.97. The molecule has 0 aliphatic heterocycles. The Hall–Kier alpha value is -8.39. The second-order valence-corrected chi connectivity index (χ2v) is 50.7. The number of allylic oxidation sites excluding steroid dienone is 4. The van der Waals surface area contributed by atoms with Crippen molar-refractivity contribution >= 4 is 131 Å². The molecule has 0 saturated heterocycles. The van der Waals surface area contributed by atoms with Crippen molar-refractivity contribution in [1.82, 2.24) is 0 Å². The first kappa shape index (κ1) is 86.8. The Kier molecular flexibility index (Phi) is 32.9. The number of aliphatic imine (C=N–C) groups is 2. The number of benzene rings is 14. The number of rotatable bonds is 16. The first-order valence-electron chi connectivity index (χ1n) is 37.4. The Bertz CT molecular complexity index is 4800. The van der Waals surface area contributed by atoms with Gasteiger partial charge in [-0.2, -0.15) is 11.4 Å². The summed E-state index contributed by atoms with van der Waals surface area (Å²) in [4.78, 5) is 9.94. The van der Waals surface area contributed by atoms with Crippen molar-refractivity contribution in [3.63, 3.8) is 0 Å². The van der Waals surface area contributed by atoms with Crippen LogP contribution in [0.4, 0.5) is 0 Å². The van der Waals surface area contributed by atoms with Gasteiger partial charge in [0.25, 0.3) is 0 Å². The normalized spacial score (nSPS) is 12.1. The van der Waals surface area contributed by atoms with Crippen LogP contribution in [-0.2, 0) is 65.1 Å². The van der Waals surface area contributed by atoms with E-state index in [0.29, 0.717) is 26.2 Å². The molecule has 0 unspecified atom stereocenters. The van der Waals surface area contributed by atoms with Gasteiger partial charge in [0.1, 0.15) is 0 Å². The molecule has 0 spiro atoms. The summed E-state index contributed by atoms with van der Waals surface area (Å²) < 4.78 is 9.64. The number of aryl methyl sites for hydroxylation is 2. The average molecular weight is 1590 g/mol. The van der Waals surface area contributed by atoms with Gasteiger partial charge < -0.3 is 19.9 Å². The van der Waals surface area contributed by atoms with Crippen LogP contribution in [0, 0.1) is 13.8 Å². The molecule has 0 aliphatic carbocycles. The first-order chi connectivity index (χ1) is 50.5. The van der Waals surface area contributed by atoms with Crippen molar-refractivity contribution in [3.05, 3.63) is 356 Å². The smallest absolute Gasteiger partial charge is 0.684 e. The topological polar surface area (TPSA) is 81.1 Å². The standard InChI is InChI=1S/2C35H29N2.2C7H8.2C6H18NSi2.2Zn/c2*1-24(36-22-34-30-15-7-3-11-26(30)20-27-12-4-8-16-31(27)34)19-25(2)37-23-35-32-17-9-5-13-28(32)21-29-14-6-10-18-33(29)35;2*1-7-5-3-2-4-6-7;2*1-8(2,3)7-9(4,5)6;;/h2*3-21H,22-23H2,1-2H3;2*2-6H,1H3;2*1-6H3;;/q2*-1;;;2*-1;2*+2/b2*24-19-,37-25?;;;;;;. The van der Waals surface area contributed by atoms with Gasteiger partial charge in [0.2, 0.25) is 0 Å². The van der Waals surface area contributed by atoms with E-state index in [1.165, 1.54) is 120 Å². The molecule has 0 aliphatic rings. The van der Waals surface area contributed by atoms with Crippen molar-refractivity contribution in [2.75, 3.05) is 0 Å². The summed E-state index contributed by atoms with van der Waals surface area (Å²) in [7, 11) is -4.42. The molecule has 6 nitrogen and oxygen atoms in total. The van der Waals surface area contributed by atoms with Crippen molar-refractivity contribution in [2.24, 2.45) is 9.98 Å². The SMILES string of the molecule is CC(/C=C(/C)[N-]Cc1c2ccccc2cc2ccccc12)=NCc1c2ccccc2cc2ccccc12.CC(/C=C(/C)[N-]Cc1c2ccccc2cc2ccccc12)=NCc1c2ccccc2cc2ccccc12.C[Si](C)(C)[N-][Si](C)(C)C.C[Si](C)(C)[N-][Si](C)(C)C.Cc1ccccc1.Cc1ccccc1.[Zn+2].[Zn+2]. The summed E-state index contributed by atoms with van der Waals surface area (Å²) in [6, 6.07) is 98.3. The third-order valence-electron chi connectivity index (χ3n) is 17.5. The summed E-state index contributed by atoms with van der Waals surface area (Å²) in [6.45, 7) is 42.6. The molecule has 14 aromatic rings. The molecule has 0 aromatic heterocycles. The average Bonchev–Trinajstić information content (AvgIpc) is 0.798. The van der Waals surface area contributed by atoms with Crippen molar-refractivity contribution in [3.8, 4) is 0 Å². The Balaban J connectivity index is 0.000000211. The molecule has 12 heteroatoms. The minimum Gasteiger partial charge on any atom is -0.684 e. The summed E-state index contributed by atoms with van der Waals surface area (Å²) in [5.74, 6) is 0. The molecule has 0 bridgehead atoms. The van der Waals surface area contributed by atoms with Crippen LogP contribution in [-0.4, -0.2) is 44.4 Å². The monoisotopic (exact) mass is 1590 g/mol. The molecule has 0 N–H and O–H groups in total. The minimum atomic E-state index is -1.11. The zero-order valence-corrected chi connectivity index (χ0v) is 77.6. The Morgan fingerprint density at radius 1 is 0.269 bits per heavy atom. The van der Waals surface area contributed by atoms with Crippen LogP contribution < -0.4 is 0 Å². The molecule has 0 saturated carbocycles. The van der Waals surface area contributed by atoms with E-state index in [1.807, 2.05) is 36.4 Å². The summed E-state index contributed by atoms with van der Waals surface area (Å²) >= 11 is 0. The van der Waals surface area contributed by atoms with E-state index in [0.717, 1.165) is 22.8 Å². The first-order valence-corrected chi connectivity index (χ1v) is 51.2. The molecule has 14 aromatic carbocycles. The van der Waals surface area contributed by atoms with Crippen LogP contribution in [0.2, 0.25) is 78.6 Å². The van der Waals surface area contributed by atoms with E-state index >= 15 is 0 Å². The van der Waals surface area contributed by atoms with Crippen LogP contribution in [0.15, 0.2) is 313 Å². The van der Waals surface area contributed by atoms with Gasteiger partial charge in [-0.1, -0.05) is 403 Å². The maximum atomic E-state index is 4.97. The zero-order chi connectivity index (χ0) is 76.0. The molecule has 0 heterocycles. The Morgan fingerprint density at radius 2 is 0.454 bits per heavy atom. The predicted molar refractivity (Wildman–Crippen MR) is 484 cm³/mol. The summed E-state index contributed by atoms with van der Waals surface area (Å²) in [5, 5.41) is 30.2. The second kappa shape index (κ2) is 40.9.